The number of carbonyl (C=O) groups excluding carboxylic acids is 2. The number of thiophene rings is 1. The first-order valence-electron chi connectivity index (χ1n) is 7.51. The Morgan fingerprint density at radius 1 is 1.26 bits per heavy atom. The van der Waals surface area contributed by atoms with E-state index in [4.69, 9.17) is 11.6 Å². The summed E-state index contributed by atoms with van der Waals surface area (Å²) in [5.41, 5.74) is 2.09. The normalized spacial score (nSPS) is 14.3. The fourth-order valence-electron chi connectivity index (χ4n) is 2.67. The molecule has 0 aliphatic carbocycles. The fourth-order valence-corrected chi connectivity index (χ4v) is 3.73. The summed E-state index contributed by atoms with van der Waals surface area (Å²) in [6.07, 6.45) is 1.56. The van der Waals surface area contributed by atoms with Crippen LogP contribution < -0.4 is 5.32 Å². The van der Waals surface area contributed by atoms with Crippen LogP contribution in [0.25, 0.3) is 0 Å². The number of rotatable bonds is 5. The Bertz CT molecular complexity index is 729. The molecule has 1 aliphatic rings. The highest BCUT2D eigenvalue weighted by atomic mass is 35.5. The maximum atomic E-state index is 12.2. The van der Waals surface area contributed by atoms with E-state index >= 15 is 0 Å². The largest absolute Gasteiger partial charge is 0.347 e. The minimum absolute atomic E-state index is 0.169. The number of nitrogens with zero attached hydrogens (tertiary/aromatic N) is 1. The lowest BCUT2D eigenvalue weighted by atomic mass is 10.1. The molecule has 1 fully saturated rings. The quantitative estimate of drug-likeness (QED) is 0.899. The van der Waals surface area contributed by atoms with Crippen LogP contribution in [0, 0.1) is 0 Å². The van der Waals surface area contributed by atoms with E-state index in [1.54, 1.807) is 11.4 Å². The second-order valence-corrected chi connectivity index (χ2v) is 6.79. The van der Waals surface area contributed by atoms with Crippen LogP contribution in [-0.4, -0.2) is 23.3 Å². The van der Waals surface area contributed by atoms with Crippen LogP contribution in [0.5, 0.6) is 0 Å². The fraction of sp³-hybridized carbons (Fsp3) is 0.294. The van der Waals surface area contributed by atoms with Crippen LogP contribution in [0.15, 0.2) is 35.7 Å². The van der Waals surface area contributed by atoms with Gasteiger partial charge in [0, 0.05) is 26.1 Å². The van der Waals surface area contributed by atoms with Crippen molar-refractivity contribution in [1.82, 2.24) is 10.2 Å². The van der Waals surface area contributed by atoms with Crippen molar-refractivity contribution in [2.75, 3.05) is 6.54 Å². The van der Waals surface area contributed by atoms with Gasteiger partial charge in [-0.1, -0.05) is 35.9 Å². The SMILES string of the molecule is O=C(NCc1ccccc1CN1CCCC1=O)c1sccc1Cl. The van der Waals surface area contributed by atoms with Gasteiger partial charge in [-0.2, -0.15) is 0 Å². The van der Waals surface area contributed by atoms with Crippen LogP contribution in [0.1, 0.15) is 33.6 Å². The summed E-state index contributed by atoms with van der Waals surface area (Å²) >= 11 is 7.31. The Labute approximate surface area is 144 Å². The minimum atomic E-state index is -0.169. The maximum Gasteiger partial charge on any atom is 0.263 e. The van der Waals surface area contributed by atoms with Gasteiger partial charge in [0.05, 0.1) is 5.02 Å². The maximum absolute atomic E-state index is 12.2. The molecule has 0 bridgehead atoms. The van der Waals surface area contributed by atoms with Crippen molar-refractivity contribution < 1.29 is 9.59 Å². The molecule has 0 saturated carbocycles. The summed E-state index contributed by atoms with van der Waals surface area (Å²) in [6.45, 7) is 1.83. The molecule has 2 heterocycles. The zero-order valence-corrected chi connectivity index (χ0v) is 14.1. The molecular formula is C17H17ClN2O2S. The summed E-state index contributed by atoms with van der Waals surface area (Å²) < 4.78 is 0. The van der Waals surface area contributed by atoms with E-state index < -0.39 is 0 Å². The number of amides is 2. The molecule has 3 rings (SSSR count). The van der Waals surface area contributed by atoms with Crippen molar-refractivity contribution >= 4 is 34.8 Å². The molecule has 0 spiro atoms. The Morgan fingerprint density at radius 2 is 2.04 bits per heavy atom. The van der Waals surface area contributed by atoms with Crippen LogP contribution in [-0.2, 0) is 17.9 Å². The number of carbonyl (C=O) groups is 2. The van der Waals surface area contributed by atoms with Gasteiger partial charge in [-0.25, -0.2) is 0 Å². The van der Waals surface area contributed by atoms with Gasteiger partial charge in [-0.3, -0.25) is 9.59 Å². The Hall–Kier alpha value is -1.85. The summed E-state index contributed by atoms with van der Waals surface area (Å²) in [7, 11) is 0. The van der Waals surface area contributed by atoms with Gasteiger partial charge in [0.25, 0.3) is 5.91 Å². The van der Waals surface area contributed by atoms with Gasteiger partial charge >= 0.3 is 0 Å². The second kappa shape index (κ2) is 7.15. The number of halogens is 1. The highest BCUT2D eigenvalue weighted by Crippen LogP contribution is 2.22. The molecule has 1 saturated heterocycles. The average molecular weight is 349 g/mol. The monoisotopic (exact) mass is 348 g/mol. The van der Waals surface area contributed by atoms with Gasteiger partial charge in [0.1, 0.15) is 4.88 Å². The Morgan fingerprint density at radius 3 is 2.70 bits per heavy atom. The van der Waals surface area contributed by atoms with E-state index in [0.717, 1.165) is 24.1 Å². The molecule has 2 aromatic rings. The number of benzene rings is 1. The minimum Gasteiger partial charge on any atom is -0.347 e. The smallest absolute Gasteiger partial charge is 0.263 e. The third-order valence-corrected chi connectivity index (χ3v) is 5.25. The van der Waals surface area contributed by atoms with E-state index in [1.165, 1.54) is 11.3 Å². The molecule has 0 atom stereocenters. The molecule has 23 heavy (non-hydrogen) atoms. The van der Waals surface area contributed by atoms with Crippen LogP contribution in [0.2, 0.25) is 5.02 Å². The number of hydrogen-bond donors (Lipinski definition) is 1. The molecular weight excluding hydrogens is 332 g/mol. The topological polar surface area (TPSA) is 49.4 Å². The third-order valence-electron chi connectivity index (χ3n) is 3.91. The lowest BCUT2D eigenvalue weighted by Gasteiger charge is -2.18. The zero-order chi connectivity index (χ0) is 16.2. The van der Waals surface area contributed by atoms with Crippen molar-refractivity contribution in [1.29, 1.82) is 0 Å². The van der Waals surface area contributed by atoms with Crippen molar-refractivity contribution in [3.63, 3.8) is 0 Å². The molecule has 4 nitrogen and oxygen atoms in total. The Balaban J connectivity index is 1.67. The summed E-state index contributed by atoms with van der Waals surface area (Å²) in [6, 6.07) is 9.59. The standard InChI is InChI=1S/C17H17ClN2O2S/c18-14-7-9-23-16(14)17(22)19-10-12-4-1-2-5-13(12)11-20-8-3-6-15(20)21/h1-2,4-5,7,9H,3,6,8,10-11H2,(H,19,22). The van der Waals surface area contributed by atoms with E-state index in [1.807, 2.05) is 29.2 Å². The van der Waals surface area contributed by atoms with E-state index in [2.05, 4.69) is 5.32 Å². The lowest BCUT2D eigenvalue weighted by Crippen LogP contribution is -2.26. The third kappa shape index (κ3) is 3.74. The lowest BCUT2D eigenvalue weighted by molar-refractivity contribution is -0.128. The van der Waals surface area contributed by atoms with Gasteiger partial charge in [0.15, 0.2) is 0 Å². The first kappa shape index (κ1) is 16.0. The predicted octanol–water partition coefficient (Wildman–Crippen LogP) is 3.45. The van der Waals surface area contributed by atoms with Crippen molar-refractivity contribution in [2.24, 2.45) is 0 Å². The van der Waals surface area contributed by atoms with E-state index in [-0.39, 0.29) is 11.8 Å². The van der Waals surface area contributed by atoms with Crippen molar-refractivity contribution in [3.8, 4) is 0 Å². The second-order valence-electron chi connectivity index (χ2n) is 5.47. The van der Waals surface area contributed by atoms with E-state index in [0.29, 0.717) is 29.4 Å². The summed E-state index contributed by atoms with van der Waals surface area (Å²) in [4.78, 5) is 26.3. The molecule has 6 heteroatoms. The first-order valence-corrected chi connectivity index (χ1v) is 8.76. The molecule has 1 aromatic carbocycles. The van der Waals surface area contributed by atoms with Crippen molar-refractivity contribution in [3.05, 3.63) is 56.7 Å². The molecule has 1 aromatic heterocycles. The van der Waals surface area contributed by atoms with Gasteiger partial charge in [0.2, 0.25) is 5.91 Å². The van der Waals surface area contributed by atoms with Gasteiger partial charge < -0.3 is 10.2 Å². The van der Waals surface area contributed by atoms with E-state index in [9.17, 15) is 9.59 Å². The van der Waals surface area contributed by atoms with Gasteiger partial charge in [-0.15, -0.1) is 11.3 Å². The Kier molecular flexibility index (Phi) is 4.98. The zero-order valence-electron chi connectivity index (χ0n) is 12.5. The van der Waals surface area contributed by atoms with Crippen LogP contribution >= 0.6 is 22.9 Å². The molecule has 2 amide bonds. The van der Waals surface area contributed by atoms with Crippen LogP contribution in [0.4, 0.5) is 0 Å². The molecule has 120 valence electrons. The molecule has 1 N–H and O–H groups in total. The molecule has 0 unspecified atom stereocenters. The average Bonchev–Trinajstić information content (AvgIpc) is 3.15. The molecule has 0 radical (unpaired) electrons. The highest BCUT2D eigenvalue weighted by Gasteiger charge is 2.21. The van der Waals surface area contributed by atoms with Gasteiger partial charge in [-0.05, 0) is 29.0 Å². The number of hydrogen-bond acceptors (Lipinski definition) is 3. The summed E-state index contributed by atoms with van der Waals surface area (Å²) in [5, 5.41) is 5.17. The predicted molar refractivity (Wildman–Crippen MR) is 91.6 cm³/mol. The number of likely N-dealkylation sites (tertiary alicyclic amines) is 1. The number of nitrogens with one attached hydrogen (secondary N) is 1. The first-order chi connectivity index (χ1) is 11.1. The van der Waals surface area contributed by atoms with Crippen LogP contribution in [0.3, 0.4) is 0 Å². The summed E-state index contributed by atoms with van der Waals surface area (Å²) in [5.74, 6) is 0.0336. The molecule has 1 aliphatic heterocycles. The highest BCUT2D eigenvalue weighted by molar-refractivity contribution is 7.12. The van der Waals surface area contributed by atoms with Crippen molar-refractivity contribution in [2.45, 2.75) is 25.9 Å².